The Bertz CT molecular complexity index is 481. The molecule has 1 atom stereocenters. The number of nitrogens with zero attached hydrogens (tertiary/aromatic N) is 1. The Labute approximate surface area is 150 Å². The molecular weight excluding hydrogens is 393 g/mol. The molecule has 6 heteroatoms. The minimum Gasteiger partial charge on any atom is -0.463 e. The number of hydrogen-bond acceptors (Lipinski definition) is 3. The van der Waals surface area contributed by atoms with Crippen LogP contribution in [0.25, 0.3) is 0 Å². The number of hydrogen-bond donors (Lipinski definition) is 3. The Morgan fingerprint density at radius 3 is 2.68 bits per heavy atom. The Kier molecular flexibility index (Phi) is 7.68. The van der Waals surface area contributed by atoms with Gasteiger partial charge in [-0.2, -0.15) is 0 Å². The number of nitrogens with one attached hydrogen (secondary N) is 2. The van der Waals surface area contributed by atoms with Crippen molar-refractivity contribution in [3.63, 3.8) is 0 Å². The van der Waals surface area contributed by atoms with Crippen molar-refractivity contribution in [1.82, 2.24) is 10.6 Å². The third kappa shape index (κ3) is 6.16. The summed E-state index contributed by atoms with van der Waals surface area (Å²) in [4.78, 5) is 4.47. The molecule has 1 aromatic heterocycles. The van der Waals surface area contributed by atoms with E-state index < -0.39 is 5.60 Å². The fourth-order valence-electron chi connectivity index (χ4n) is 2.18. The zero-order valence-corrected chi connectivity index (χ0v) is 16.0. The molecule has 1 heterocycles. The van der Waals surface area contributed by atoms with Gasteiger partial charge in [0.2, 0.25) is 0 Å². The largest absolute Gasteiger partial charge is 0.463 e. The zero-order valence-electron chi connectivity index (χ0n) is 13.7. The molecule has 22 heavy (non-hydrogen) atoms. The van der Waals surface area contributed by atoms with E-state index in [4.69, 9.17) is 4.42 Å². The van der Waals surface area contributed by atoms with Crippen LogP contribution in [0.4, 0.5) is 0 Å². The topological polar surface area (TPSA) is 69.8 Å². The SMILES string of the molecule is CCNC(=NCC(C)(O)c1ccc(C)o1)NCCC1CC1.I. The van der Waals surface area contributed by atoms with Crippen LogP contribution in [-0.2, 0) is 5.60 Å². The number of furan rings is 1. The molecule has 1 aliphatic carbocycles. The van der Waals surface area contributed by atoms with Gasteiger partial charge in [0.15, 0.2) is 5.96 Å². The first-order chi connectivity index (χ1) is 10.0. The van der Waals surface area contributed by atoms with E-state index in [1.54, 1.807) is 13.0 Å². The summed E-state index contributed by atoms with van der Waals surface area (Å²) in [6.07, 6.45) is 3.92. The summed E-state index contributed by atoms with van der Waals surface area (Å²) in [6.45, 7) is 7.62. The summed E-state index contributed by atoms with van der Waals surface area (Å²) in [5, 5.41) is 17.0. The lowest BCUT2D eigenvalue weighted by Crippen LogP contribution is -2.39. The molecule has 126 valence electrons. The fraction of sp³-hybridized carbons (Fsp3) is 0.688. The molecular formula is C16H28IN3O2. The minimum atomic E-state index is -1.09. The molecule has 0 spiro atoms. The molecule has 0 bridgehead atoms. The highest BCUT2D eigenvalue weighted by molar-refractivity contribution is 14.0. The van der Waals surface area contributed by atoms with Crippen LogP contribution in [0.5, 0.6) is 0 Å². The molecule has 0 amide bonds. The van der Waals surface area contributed by atoms with Gasteiger partial charge in [0.25, 0.3) is 0 Å². The Morgan fingerprint density at radius 2 is 2.14 bits per heavy atom. The van der Waals surface area contributed by atoms with Gasteiger partial charge in [-0.3, -0.25) is 0 Å². The van der Waals surface area contributed by atoms with Crippen LogP contribution in [0.15, 0.2) is 21.5 Å². The standard InChI is InChI=1S/C16H27N3O2.HI/c1-4-17-15(18-10-9-13-6-7-13)19-11-16(3,20)14-8-5-12(2)21-14;/h5,8,13,20H,4,6-7,9-11H2,1-3H3,(H2,17,18,19);1H. The van der Waals surface area contributed by atoms with Crippen LogP contribution in [0.1, 0.15) is 44.6 Å². The number of rotatable bonds is 7. The fourth-order valence-corrected chi connectivity index (χ4v) is 2.18. The van der Waals surface area contributed by atoms with Gasteiger partial charge in [-0.15, -0.1) is 24.0 Å². The molecule has 1 aliphatic rings. The molecule has 0 aliphatic heterocycles. The highest BCUT2D eigenvalue weighted by Crippen LogP contribution is 2.31. The molecule has 0 saturated heterocycles. The maximum Gasteiger partial charge on any atom is 0.191 e. The van der Waals surface area contributed by atoms with E-state index in [-0.39, 0.29) is 30.5 Å². The zero-order chi connectivity index (χ0) is 15.3. The summed E-state index contributed by atoms with van der Waals surface area (Å²) in [5.41, 5.74) is -1.09. The molecule has 1 unspecified atom stereocenters. The Balaban J connectivity index is 0.00000242. The lowest BCUT2D eigenvalue weighted by molar-refractivity contribution is 0.0428. The predicted octanol–water partition coefficient (Wildman–Crippen LogP) is 2.77. The number of aliphatic hydroxyl groups is 1. The lowest BCUT2D eigenvalue weighted by atomic mass is 10.0. The summed E-state index contributed by atoms with van der Waals surface area (Å²) in [6, 6.07) is 3.66. The van der Waals surface area contributed by atoms with Crippen molar-refractivity contribution in [2.75, 3.05) is 19.6 Å². The quantitative estimate of drug-likeness (QED) is 0.360. The van der Waals surface area contributed by atoms with E-state index in [2.05, 4.69) is 15.6 Å². The second-order valence-corrected chi connectivity index (χ2v) is 6.04. The van der Waals surface area contributed by atoms with Gasteiger partial charge in [-0.25, -0.2) is 4.99 Å². The third-order valence-corrected chi connectivity index (χ3v) is 3.70. The summed E-state index contributed by atoms with van der Waals surface area (Å²) in [5.74, 6) is 3.00. The Hall–Kier alpha value is -0.760. The predicted molar refractivity (Wildman–Crippen MR) is 99.8 cm³/mol. The average Bonchev–Trinajstić information content (AvgIpc) is 3.15. The second-order valence-electron chi connectivity index (χ2n) is 6.04. The third-order valence-electron chi connectivity index (χ3n) is 3.70. The van der Waals surface area contributed by atoms with Crippen LogP contribution in [0.2, 0.25) is 0 Å². The first-order valence-electron chi connectivity index (χ1n) is 7.82. The van der Waals surface area contributed by atoms with Crippen LogP contribution < -0.4 is 10.6 Å². The number of aryl methyl sites for hydroxylation is 1. The van der Waals surface area contributed by atoms with Crippen LogP contribution >= 0.6 is 24.0 Å². The van der Waals surface area contributed by atoms with Gasteiger partial charge < -0.3 is 20.2 Å². The summed E-state index contributed by atoms with van der Waals surface area (Å²) >= 11 is 0. The maximum atomic E-state index is 10.5. The monoisotopic (exact) mass is 421 g/mol. The van der Waals surface area contributed by atoms with Crippen molar-refractivity contribution in [2.24, 2.45) is 10.9 Å². The molecule has 1 aromatic rings. The van der Waals surface area contributed by atoms with Crippen LogP contribution in [0.3, 0.4) is 0 Å². The van der Waals surface area contributed by atoms with Gasteiger partial charge in [0.1, 0.15) is 17.1 Å². The van der Waals surface area contributed by atoms with Gasteiger partial charge in [-0.05, 0) is 45.2 Å². The van der Waals surface area contributed by atoms with Crippen molar-refractivity contribution in [2.45, 2.75) is 45.6 Å². The van der Waals surface area contributed by atoms with E-state index in [9.17, 15) is 5.11 Å². The van der Waals surface area contributed by atoms with Gasteiger partial charge >= 0.3 is 0 Å². The van der Waals surface area contributed by atoms with E-state index in [0.717, 1.165) is 30.7 Å². The van der Waals surface area contributed by atoms with Crippen LogP contribution in [-0.4, -0.2) is 30.7 Å². The van der Waals surface area contributed by atoms with E-state index in [1.807, 2.05) is 19.9 Å². The van der Waals surface area contributed by atoms with Crippen molar-refractivity contribution in [1.29, 1.82) is 0 Å². The molecule has 0 aromatic carbocycles. The highest BCUT2D eigenvalue weighted by Gasteiger charge is 2.26. The van der Waals surface area contributed by atoms with Gasteiger partial charge in [0, 0.05) is 13.1 Å². The second kappa shape index (κ2) is 8.76. The maximum absolute atomic E-state index is 10.5. The first-order valence-corrected chi connectivity index (χ1v) is 7.82. The van der Waals surface area contributed by atoms with Crippen molar-refractivity contribution < 1.29 is 9.52 Å². The first kappa shape index (κ1) is 19.3. The van der Waals surface area contributed by atoms with Gasteiger partial charge in [0.05, 0.1) is 6.54 Å². The molecule has 3 N–H and O–H groups in total. The van der Waals surface area contributed by atoms with Crippen molar-refractivity contribution in [3.8, 4) is 0 Å². The van der Waals surface area contributed by atoms with E-state index >= 15 is 0 Å². The Morgan fingerprint density at radius 1 is 1.41 bits per heavy atom. The lowest BCUT2D eigenvalue weighted by Gasteiger charge is -2.19. The molecule has 2 rings (SSSR count). The van der Waals surface area contributed by atoms with Crippen molar-refractivity contribution in [3.05, 3.63) is 23.7 Å². The van der Waals surface area contributed by atoms with E-state index in [0.29, 0.717) is 5.76 Å². The average molecular weight is 421 g/mol. The van der Waals surface area contributed by atoms with Crippen molar-refractivity contribution >= 4 is 29.9 Å². The van der Waals surface area contributed by atoms with Crippen LogP contribution in [0, 0.1) is 12.8 Å². The van der Waals surface area contributed by atoms with E-state index in [1.165, 1.54) is 19.3 Å². The number of guanidine groups is 1. The minimum absolute atomic E-state index is 0. The summed E-state index contributed by atoms with van der Waals surface area (Å²) < 4.78 is 5.50. The van der Waals surface area contributed by atoms with Gasteiger partial charge in [-0.1, -0.05) is 12.8 Å². The smallest absolute Gasteiger partial charge is 0.191 e. The molecule has 1 fully saturated rings. The summed E-state index contributed by atoms with van der Waals surface area (Å²) in [7, 11) is 0. The molecule has 5 nitrogen and oxygen atoms in total. The highest BCUT2D eigenvalue weighted by atomic mass is 127. The normalized spacial score (nSPS) is 17.5. The molecule has 1 saturated carbocycles. The number of halogens is 1. The number of aliphatic imine (C=N–C) groups is 1. The molecule has 0 radical (unpaired) electrons.